The summed E-state index contributed by atoms with van der Waals surface area (Å²) in [7, 11) is -1.24. The van der Waals surface area contributed by atoms with Crippen LogP contribution in [0, 0.1) is 12.8 Å². The Morgan fingerprint density at radius 1 is 1.16 bits per heavy atom. The molecule has 1 unspecified atom stereocenters. The Morgan fingerprint density at radius 3 is 2.32 bits per heavy atom. The lowest BCUT2D eigenvalue weighted by atomic mass is 9.83. The Labute approximate surface area is 119 Å². The first kappa shape index (κ1) is 14.3. The number of hydrogen-bond donors (Lipinski definition) is 0. The van der Waals surface area contributed by atoms with Crippen LogP contribution in [0.1, 0.15) is 30.4 Å². The molecular formula is C18H26Si. The highest BCUT2D eigenvalue weighted by Crippen LogP contribution is 2.41. The molecule has 0 saturated carbocycles. The predicted molar refractivity (Wildman–Crippen MR) is 89.0 cm³/mol. The molecule has 0 aromatic heterocycles. The fourth-order valence-corrected chi connectivity index (χ4v) is 5.20. The summed E-state index contributed by atoms with van der Waals surface area (Å²) in [5.74, 6) is 0.554. The van der Waals surface area contributed by atoms with Crippen molar-refractivity contribution < 1.29 is 0 Å². The highest BCUT2D eigenvalue weighted by atomic mass is 28.3. The Bertz CT molecular complexity index is 485. The zero-order valence-electron chi connectivity index (χ0n) is 12.8. The molecule has 1 aromatic carbocycles. The predicted octanol–water partition coefficient (Wildman–Crippen LogP) is 5.61. The van der Waals surface area contributed by atoms with Crippen LogP contribution in [0.5, 0.6) is 0 Å². The van der Waals surface area contributed by atoms with Gasteiger partial charge in [0.25, 0.3) is 0 Å². The van der Waals surface area contributed by atoms with Crippen LogP contribution in [0.3, 0.4) is 0 Å². The van der Waals surface area contributed by atoms with Crippen LogP contribution in [0.2, 0.25) is 19.6 Å². The van der Waals surface area contributed by atoms with E-state index in [1.54, 1.807) is 10.8 Å². The van der Waals surface area contributed by atoms with Gasteiger partial charge in [-0.2, -0.15) is 0 Å². The Kier molecular flexibility index (Phi) is 4.15. The lowest BCUT2D eigenvalue weighted by Crippen LogP contribution is -2.29. The molecule has 1 aromatic rings. The summed E-state index contributed by atoms with van der Waals surface area (Å²) >= 11 is 0. The molecule has 0 fully saturated rings. The van der Waals surface area contributed by atoms with Gasteiger partial charge in [0.1, 0.15) is 0 Å². The first-order chi connectivity index (χ1) is 8.93. The summed E-state index contributed by atoms with van der Waals surface area (Å²) in [5.41, 5.74) is 4.36. The minimum absolute atomic E-state index is 0.554. The summed E-state index contributed by atoms with van der Waals surface area (Å²) in [5, 5.41) is 1.76. The van der Waals surface area contributed by atoms with Gasteiger partial charge in [-0.05, 0) is 37.3 Å². The van der Waals surface area contributed by atoms with Gasteiger partial charge in [0.05, 0.1) is 8.07 Å². The third-order valence-electron chi connectivity index (χ3n) is 4.19. The smallest absolute Gasteiger partial charge is 0.0728 e. The van der Waals surface area contributed by atoms with Crippen LogP contribution in [0.15, 0.2) is 42.1 Å². The Morgan fingerprint density at radius 2 is 1.79 bits per heavy atom. The Hall–Kier alpha value is -1.08. The third kappa shape index (κ3) is 3.09. The van der Waals surface area contributed by atoms with Gasteiger partial charge < -0.3 is 0 Å². The second kappa shape index (κ2) is 5.50. The maximum absolute atomic E-state index is 4.08. The van der Waals surface area contributed by atoms with Crippen molar-refractivity contribution in [2.24, 2.45) is 5.92 Å². The molecule has 1 aliphatic rings. The van der Waals surface area contributed by atoms with Crippen molar-refractivity contribution >= 4 is 13.6 Å². The van der Waals surface area contributed by atoms with E-state index in [4.69, 9.17) is 0 Å². The largest absolute Gasteiger partial charge is 0.102 e. The van der Waals surface area contributed by atoms with Gasteiger partial charge in [-0.15, -0.1) is 6.58 Å². The standard InChI is InChI=1S/C18H26Si/c1-6-15-8-7-9-17(19(3,4)5)18(15)16-12-10-14(2)11-13-16/h6,10-13,15H,1,7-9H2,2-5H3. The van der Waals surface area contributed by atoms with E-state index < -0.39 is 8.07 Å². The molecule has 102 valence electrons. The van der Waals surface area contributed by atoms with Crippen molar-refractivity contribution in [2.75, 3.05) is 0 Å². The van der Waals surface area contributed by atoms with E-state index in [9.17, 15) is 0 Å². The molecule has 0 nitrogen and oxygen atoms in total. The van der Waals surface area contributed by atoms with Crippen molar-refractivity contribution in [3.8, 4) is 0 Å². The van der Waals surface area contributed by atoms with Gasteiger partial charge in [0.2, 0.25) is 0 Å². The molecule has 1 aliphatic carbocycles. The molecule has 1 atom stereocenters. The van der Waals surface area contributed by atoms with Crippen LogP contribution in [0.25, 0.3) is 5.57 Å². The number of allylic oxidation sites excluding steroid dienone is 3. The minimum Gasteiger partial charge on any atom is -0.102 e. The van der Waals surface area contributed by atoms with E-state index in [0.717, 1.165) is 0 Å². The van der Waals surface area contributed by atoms with Crippen LogP contribution in [0.4, 0.5) is 0 Å². The van der Waals surface area contributed by atoms with Crippen molar-refractivity contribution in [1.29, 1.82) is 0 Å². The number of hydrogen-bond acceptors (Lipinski definition) is 0. The maximum atomic E-state index is 4.08. The average Bonchev–Trinajstić information content (AvgIpc) is 2.38. The van der Waals surface area contributed by atoms with Crippen molar-refractivity contribution in [2.45, 2.75) is 45.8 Å². The van der Waals surface area contributed by atoms with Gasteiger partial charge >= 0.3 is 0 Å². The van der Waals surface area contributed by atoms with Crippen molar-refractivity contribution in [3.05, 3.63) is 53.2 Å². The maximum Gasteiger partial charge on any atom is 0.0728 e. The second-order valence-electron chi connectivity index (χ2n) is 6.74. The molecule has 0 amide bonds. The van der Waals surface area contributed by atoms with Crippen LogP contribution < -0.4 is 0 Å². The zero-order valence-corrected chi connectivity index (χ0v) is 13.8. The molecule has 19 heavy (non-hydrogen) atoms. The quantitative estimate of drug-likeness (QED) is 0.494. The van der Waals surface area contributed by atoms with Crippen molar-refractivity contribution in [1.82, 2.24) is 0 Å². The molecule has 0 bridgehead atoms. The van der Waals surface area contributed by atoms with E-state index >= 15 is 0 Å². The van der Waals surface area contributed by atoms with E-state index in [2.05, 4.69) is 63.5 Å². The molecule has 1 heteroatoms. The Balaban J connectivity index is 2.58. The number of rotatable bonds is 3. The minimum atomic E-state index is -1.24. The summed E-state index contributed by atoms with van der Waals surface area (Å²) < 4.78 is 0. The molecule has 0 N–H and O–H groups in total. The van der Waals surface area contributed by atoms with Gasteiger partial charge in [0, 0.05) is 5.92 Å². The molecule has 0 spiro atoms. The summed E-state index contributed by atoms with van der Waals surface area (Å²) in [6.45, 7) is 13.7. The monoisotopic (exact) mass is 270 g/mol. The number of aryl methyl sites for hydroxylation is 1. The summed E-state index contributed by atoms with van der Waals surface area (Å²) in [6.07, 6.45) is 6.05. The molecule has 0 aliphatic heterocycles. The third-order valence-corrected chi connectivity index (χ3v) is 6.52. The van der Waals surface area contributed by atoms with E-state index in [1.165, 1.54) is 30.4 Å². The van der Waals surface area contributed by atoms with Crippen LogP contribution >= 0.6 is 0 Å². The van der Waals surface area contributed by atoms with Crippen LogP contribution in [-0.4, -0.2) is 8.07 Å². The molecule has 2 rings (SSSR count). The average molecular weight is 270 g/mol. The molecule has 0 saturated heterocycles. The van der Waals surface area contributed by atoms with Crippen molar-refractivity contribution in [3.63, 3.8) is 0 Å². The SMILES string of the molecule is C=CC1CCCC([Si](C)(C)C)=C1c1ccc(C)cc1. The zero-order chi connectivity index (χ0) is 14.0. The second-order valence-corrected chi connectivity index (χ2v) is 11.8. The molecule has 0 heterocycles. The first-order valence-electron chi connectivity index (χ1n) is 7.36. The first-order valence-corrected chi connectivity index (χ1v) is 10.9. The molecule has 0 radical (unpaired) electrons. The lowest BCUT2D eigenvalue weighted by molar-refractivity contribution is 0.639. The highest BCUT2D eigenvalue weighted by molar-refractivity contribution is 6.84. The topological polar surface area (TPSA) is 0 Å². The van der Waals surface area contributed by atoms with Gasteiger partial charge in [-0.3, -0.25) is 0 Å². The summed E-state index contributed by atoms with van der Waals surface area (Å²) in [4.78, 5) is 0. The van der Waals surface area contributed by atoms with E-state index in [0.29, 0.717) is 5.92 Å². The van der Waals surface area contributed by atoms with Gasteiger partial charge in [0.15, 0.2) is 0 Å². The summed E-state index contributed by atoms with van der Waals surface area (Å²) in [6, 6.07) is 9.07. The van der Waals surface area contributed by atoms with Gasteiger partial charge in [-0.25, -0.2) is 0 Å². The molecular weight excluding hydrogens is 244 g/mol. The van der Waals surface area contributed by atoms with E-state index in [-0.39, 0.29) is 0 Å². The fourth-order valence-electron chi connectivity index (χ4n) is 3.14. The van der Waals surface area contributed by atoms with E-state index in [1.807, 2.05) is 0 Å². The van der Waals surface area contributed by atoms with Crippen LogP contribution in [-0.2, 0) is 0 Å². The highest BCUT2D eigenvalue weighted by Gasteiger charge is 2.29. The fraction of sp³-hybridized carbons (Fsp3) is 0.444. The lowest BCUT2D eigenvalue weighted by Gasteiger charge is -2.33. The number of benzene rings is 1. The normalized spacial score (nSPS) is 20.5. The van der Waals surface area contributed by atoms with Gasteiger partial charge in [-0.1, -0.05) is 60.7 Å².